The van der Waals surface area contributed by atoms with Crippen LogP contribution in [0.1, 0.15) is 36.8 Å². The third-order valence-corrected chi connectivity index (χ3v) is 3.99. The van der Waals surface area contributed by atoms with Gasteiger partial charge in [-0.15, -0.1) is 0 Å². The summed E-state index contributed by atoms with van der Waals surface area (Å²) < 4.78 is 0. The Balaban J connectivity index is 2.31. The van der Waals surface area contributed by atoms with Crippen LogP contribution in [-0.2, 0) is 15.0 Å². The van der Waals surface area contributed by atoms with Crippen LogP contribution < -0.4 is 5.32 Å². The molecule has 0 bridgehead atoms. The second-order valence-electron chi connectivity index (χ2n) is 5.27. The van der Waals surface area contributed by atoms with Crippen LogP contribution in [0.5, 0.6) is 0 Å². The smallest absolute Gasteiger partial charge is 0.303 e. The highest BCUT2D eigenvalue weighted by Crippen LogP contribution is 2.37. The third kappa shape index (κ3) is 2.95. The number of hydrogen-bond acceptors (Lipinski definition) is 2. The highest BCUT2D eigenvalue weighted by atomic mass is 16.4. The van der Waals surface area contributed by atoms with Crippen LogP contribution in [0, 0.1) is 6.92 Å². The summed E-state index contributed by atoms with van der Waals surface area (Å²) in [5.41, 5.74) is 2.08. The maximum absolute atomic E-state index is 11.4. The average molecular weight is 261 g/mol. The molecule has 2 N–H and O–H groups in total. The van der Waals surface area contributed by atoms with E-state index in [0.717, 1.165) is 17.5 Å². The minimum Gasteiger partial charge on any atom is -0.481 e. The second-order valence-corrected chi connectivity index (χ2v) is 5.27. The molecule has 0 radical (unpaired) electrons. The number of rotatable bonds is 4. The standard InChI is InChI=1S/C15H19NO3/c1-11-4-2-3-5-12(11)15(9-7-14(18)19)8-6-13(17)16-10-15/h2-5H,6-10H2,1H3,(H,16,17)(H,18,19). The molecular weight excluding hydrogens is 242 g/mol. The zero-order valence-corrected chi connectivity index (χ0v) is 11.1. The van der Waals surface area contributed by atoms with Gasteiger partial charge in [-0.25, -0.2) is 0 Å². The highest BCUT2D eigenvalue weighted by Gasteiger charge is 2.37. The van der Waals surface area contributed by atoms with Crippen molar-refractivity contribution in [1.82, 2.24) is 5.32 Å². The average Bonchev–Trinajstić information content (AvgIpc) is 2.39. The highest BCUT2D eigenvalue weighted by molar-refractivity contribution is 5.77. The number of benzene rings is 1. The Hall–Kier alpha value is -1.84. The first-order chi connectivity index (χ1) is 9.03. The predicted molar refractivity (Wildman–Crippen MR) is 72.0 cm³/mol. The molecule has 0 spiro atoms. The number of aliphatic carboxylic acids is 1. The summed E-state index contributed by atoms with van der Waals surface area (Å²) in [4.78, 5) is 22.3. The molecule has 0 saturated carbocycles. The van der Waals surface area contributed by atoms with Crippen molar-refractivity contribution >= 4 is 11.9 Å². The summed E-state index contributed by atoms with van der Waals surface area (Å²) in [6.45, 7) is 2.57. The van der Waals surface area contributed by atoms with E-state index < -0.39 is 5.97 Å². The molecule has 1 heterocycles. The maximum Gasteiger partial charge on any atom is 0.303 e. The van der Waals surface area contributed by atoms with Crippen LogP contribution in [0.25, 0.3) is 0 Å². The number of carbonyl (C=O) groups excluding carboxylic acids is 1. The van der Waals surface area contributed by atoms with Crippen molar-refractivity contribution in [3.8, 4) is 0 Å². The van der Waals surface area contributed by atoms with Gasteiger partial charge in [0.05, 0.1) is 0 Å². The van der Waals surface area contributed by atoms with Crippen LogP contribution in [0.15, 0.2) is 24.3 Å². The van der Waals surface area contributed by atoms with Crippen molar-refractivity contribution in [1.29, 1.82) is 0 Å². The number of piperidine rings is 1. The van der Waals surface area contributed by atoms with Gasteiger partial charge in [-0.1, -0.05) is 24.3 Å². The predicted octanol–water partition coefficient (Wildman–Crippen LogP) is 2.01. The fourth-order valence-electron chi connectivity index (χ4n) is 2.89. The van der Waals surface area contributed by atoms with Crippen molar-refractivity contribution in [3.63, 3.8) is 0 Å². The molecule has 1 aromatic rings. The minimum absolute atomic E-state index is 0.0551. The SMILES string of the molecule is Cc1ccccc1C1(CCC(=O)O)CCC(=O)NC1. The van der Waals surface area contributed by atoms with Crippen LogP contribution in [0.4, 0.5) is 0 Å². The molecule has 1 fully saturated rings. The van der Waals surface area contributed by atoms with Crippen molar-refractivity contribution in [2.24, 2.45) is 0 Å². The van der Waals surface area contributed by atoms with Gasteiger partial charge in [-0.05, 0) is 30.9 Å². The second kappa shape index (κ2) is 5.43. The Kier molecular flexibility index (Phi) is 3.88. The van der Waals surface area contributed by atoms with Crippen LogP contribution in [0.2, 0.25) is 0 Å². The number of carboxylic acids is 1. The van der Waals surface area contributed by atoms with E-state index >= 15 is 0 Å². The first kappa shape index (κ1) is 13.6. The van der Waals surface area contributed by atoms with Crippen molar-refractivity contribution < 1.29 is 14.7 Å². The molecule has 0 aliphatic carbocycles. The zero-order chi connectivity index (χ0) is 13.9. The number of aryl methyl sites for hydroxylation is 1. The van der Waals surface area contributed by atoms with Crippen LogP contribution in [0.3, 0.4) is 0 Å². The van der Waals surface area contributed by atoms with E-state index in [1.807, 2.05) is 25.1 Å². The van der Waals surface area contributed by atoms with E-state index in [9.17, 15) is 9.59 Å². The van der Waals surface area contributed by atoms with Gasteiger partial charge in [0.15, 0.2) is 0 Å². The van der Waals surface area contributed by atoms with Gasteiger partial charge in [-0.3, -0.25) is 9.59 Å². The molecule has 1 unspecified atom stereocenters. The van der Waals surface area contributed by atoms with Gasteiger partial charge in [0.2, 0.25) is 5.91 Å². The molecular formula is C15H19NO3. The number of carbonyl (C=O) groups is 2. The molecule has 1 aliphatic rings. The Bertz CT molecular complexity index is 486. The van der Waals surface area contributed by atoms with Crippen LogP contribution in [-0.4, -0.2) is 23.5 Å². The molecule has 1 aliphatic heterocycles. The molecule has 19 heavy (non-hydrogen) atoms. The molecule has 2 rings (SSSR count). The monoisotopic (exact) mass is 261 g/mol. The van der Waals surface area contributed by atoms with Crippen LogP contribution >= 0.6 is 0 Å². The molecule has 1 aromatic carbocycles. The van der Waals surface area contributed by atoms with Gasteiger partial charge in [0.1, 0.15) is 0 Å². The van der Waals surface area contributed by atoms with Gasteiger partial charge >= 0.3 is 5.97 Å². The fraction of sp³-hybridized carbons (Fsp3) is 0.467. The normalized spacial score (nSPS) is 22.9. The topological polar surface area (TPSA) is 66.4 Å². The fourth-order valence-corrected chi connectivity index (χ4v) is 2.89. The quantitative estimate of drug-likeness (QED) is 0.871. The first-order valence-electron chi connectivity index (χ1n) is 6.58. The van der Waals surface area contributed by atoms with E-state index in [1.165, 1.54) is 0 Å². The van der Waals surface area contributed by atoms with E-state index in [0.29, 0.717) is 19.4 Å². The first-order valence-corrected chi connectivity index (χ1v) is 6.58. The molecule has 102 valence electrons. The summed E-state index contributed by atoms with van der Waals surface area (Å²) in [5.74, 6) is -0.732. The summed E-state index contributed by atoms with van der Waals surface area (Å²) >= 11 is 0. The minimum atomic E-state index is -0.787. The Morgan fingerprint density at radius 1 is 1.42 bits per heavy atom. The molecule has 1 saturated heterocycles. The van der Waals surface area contributed by atoms with Gasteiger partial charge in [0, 0.05) is 24.8 Å². The molecule has 4 nitrogen and oxygen atoms in total. The molecule has 1 atom stereocenters. The number of nitrogens with one attached hydrogen (secondary N) is 1. The van der Waals surface area contributed by atoms with Crippen molar-refractivity contribution in [2.45, 2.75) is 38.0 Å². The van der Waals surface area contributed by atoms with Crippen molar-refractivity contribution in [3.05, 3.63) is 35.4 Å². The molecule has 4 heteroatoms. The lowest BCUT2D eigenvalue weighted by molar-refractivity contribution is -0.137. The summed E-state index contributed by atoms with van der Waals surface area (Å²) in [7, 11) is 0. The lowest BCUT2D eigenvalue weighted by Crippen LogP contribution is -2.46. The number of amides is 1. The van der Waals surface area contributed by atoms with Gasteiger partial charge in [-0.2, -0.15) is 0 Å². The van der Waals surface area contributed by atoms with Gasteiger partial charge in [0.25, 0.3) is 0 Å². The Morgan fingerprint density at radius 2 is 2.16 bits per heavy atom. The van der Waals surface area contributed by atoms with E-state index in [2.05, 4.69) is 11.4 Å². The third-order valence-electron chi connectivity index (χ3n) is 3.99. The van der Waals surface area contributed by atoms with E-state index in [-0.39, 0.29) is 17.7 Å². The molecule has 0 aromatic heterocycles. The maximum atomic E-state index is 11.4. The summed E-state index contributed by atoms with van der Waals surface area (Å²) in [6.07, 6.45) is 1.88. The van der Waals surface area contributed by atoms with Gasteiger partial charge < -0.3 is 10.4 Å². The largest absolute Gasteiger partial charge is 0.481 e. The zero-order valence-electron chi connectivity index (χ0n) is 11.1. The Morgan fingerprint density at radius 3 is 2.74 bits per heavy atom. The number of carboxylic acid groups (broad SMARTS) is 1. The van der Waals surface area contributed by atoms with E-state index in [1.54, 1.807) is 0 Å². The summed E-state index contributed by atoms with van der Waals surface area (Å²) in [5, 5.41) is 11.8. The van der Waals surface area contributed by atoms with E-state index in [4.69, 9.17) is 5.11 Å². The number of hydrogen-bond donors (Lipinski definition) is 2. The lowest BCUT2D eigenvalue weighted by Gasteiger charge is -2.38. The lowest BCUT2D eigenvalue weighted by atomic mass is 9.70. The molecule has 1 amide bonds. The Labute approximate surface area is 112 Å². The summed E-state index contributed by atoms with van der Waals surface area (Å²) in [6, 6.07) is 8.04. The van der Waals surface area contributed by atoms with Crippen molar-refractivity contribution in [2.75, 3.05) is 6.54 Å².